The zero-order valence-corrected chi connectivity index (χ0v) is 12.7. The number of fused-ring (bicyclic) bond motifs is 1. The Labute approximate surface area is 134 Å². The third kappa shape index (κ3) is 3.54. The van der Waals surface area contributed by atoms with Crippen LogP contribution in [0, 0.1) is 0 Å². The Kier molecular flexibility index (Phi) is 4.33. The molecule has 4 nitrogen and oxygen atoms in total. The van der Waals surface area contributed by atoms with Crippen LogP contribution in [0.25, 0.3) is 11.0 Å². The lowest BCUT2D eigenvalue weighted by molar-refractivity contribution is -0.136. The number of benzene rings is 2. The lowest BCUT2D eigenvalue weighted by atomic mass is 10.0. The molecule has 3 rings (SSSR count). The Bertz CT molecular complexity index is 815. The molecule has 0 radical (unpaired) electrons. The summed E-state index contributed by atoms with van der Waals surface area (Å²) in [5.41, 5.74) is 3.90. The second-order valence-electron chi connectivity index (χ2n) is 5.62. The van der Waals surface area contributed by atoms with E-state index in [0.29, 0.717) is 12.0 Å². The number of carboxylic acid groups (broad SMARTS) is 1. The second-order valence-corrected chi connectivity index (χ2v) is 5.62. The van der Waals surface area contributed by atoms with Crippen molar-refractivity contribution in [3.63, 3.8) is 0 Å². The number of carboxylic acids is 1. The fourth-order valence-corrected chi connectivity index (χ4v) is 2.72. The van der Waals surface area contributed by atoms with Gasteiger partial charge in [0.15, 0.2) is 0 Å². The van der Waals surface area contributed by atoms with E-state index in [-0.39, 0.29) is 12.2 Å². The van der Waals surface area contributed by atoms with Crippen molar-refractivity contribution in [3.8, 4) is 5.75 Å². The van der Waals surface area contributed by atoms with Gasteiger partial charge in [0, 0.05) is 12.0 Å². The molecule has 118 valence electrons. The largest absolute Gasteiger partial charge is 0.507 e. The molecule has 2 N–H and O–H groups in total. The smallest absolute Gasteiger partial charge is 0.303 e. The first kappa shape index (κ1) is 15.2. The fourth-order valence-electron chi connectivity index (χ4n) is 2.72. The van der Waals surface area contributed by atoms with Crippen LogP contribution in [0.15, 0.2) is 53.1 Å². The number of hydrogen-bond acceptors (Lipinski definition) is 3. The summed E-state index contributed by atoms with van der Waals surface area (Å²) in [6, 6.07) is 13.3. The first-order valence-corrected chi connectivity index (χ1v) is 7.61. The van der Waals surface area contributed by atoms with E-state index in [2.05, 4.69) is 0 Å². The van der Waals surface area contributed by atoms with Gasteiger partial charge in [0.2, 0.25) is 0 Å². The van der Waals surface area contributed by atoms with Gasteiger partial charge in [-0.2, -0.15) is 0 Å². The Morgan fingerprint density at radius 1 is 0.957 bits per heavy atom. The highest BCUT2D eigenvalue weighted by Crippen LogP contribution is 2.30. The van der Waals surface area contributed by atoms with Crippen molar-refractivity contribution in [1.29, 1.82) is 0 Å². The molecule has 4 heteroatoms. The van der Waals surface area contributed by atoms with Crippen molar-refractivity contribution in [1.82, 2.24) is 0 Å². The first-order chi connectivity index (χ1) is 11.1. The van der Waals surface area contributed by atoms with Crippen LogP contribution in [0.1, 0.15) is 23.1 Å². The summed E-state index contributed by atoms with van der Waals surface area (Å²) < 4.78 is 5.48. The van der Waals surface area contributed by atoms with Gasteiger partial charge in [-0.3, -0.25) is 4.79 Å². The molecule has 1 aromatic heterocycles. The predicted octanol–water partition coefficient (Wildman–Crippen LogP) is 3.94. The molecule has 3 aromatic rings. The minimum Gasteiger partial charge on any atom is -0.507 e. The molecule has 0 saturated carbocycles. The molecule has 0 saturated heterocycles. The first-order valence-electron chi connectivity index (χ1n) is 7.61. The van der Waals surface area contributed by atoms with Crippen LogP contribution in [0.3, 0.4) is 0 Å². The molecular weight excluding hydrogens is 292 g/mol. The number of rotatable bonds is 6. The minimum atomic E-state index is -0.777. The van der Waals surface area contributed by atoms with Crippen LogP contribution in [-0.4, -0.2) is 16.2 Å². The van der Waals surface area contributed by atoms with Crippen molar-refractivity contribution < 1.29 is 19.4 Å². The summed E-state index contributed by atoms with van der Waals surface area (Å²) in [6.07, 6.45) is 4.02. The highest BCUT2D eigenvalue weighted by molar-refractivity contribution is 5.87. The Morgan fingerprint density at radius 3 is 2.35 bits per heavy atom. The van der Waals surface area contributed by atoms with Gasteiger partial charge in [0.1, 0.15) is 11.3 Å². The van der Waals surface area contributed by atoms with Gasteiger partial charge in [-0.05, 0) is 42.5 Å². The molecule has 0 aliphatic rings. The van der Waals surface area contributed by atoms with Crippen molar-refractivity contribution in [2.45, 2.75) is 25.7 Å². The maximum atomic E-state index is 10.6. The zero-order chi connectivity index (χ0) is 16.2. The van der Waals surface area contributed by atoms with E-state index < -0.39 is 5.97 Å². The van der Waals surface area contributed by atoms with E-state index in [0.717, 1.165) is 29.4 Å². The second kappa shape index (κ2) is 6.57. The van der Waals surface area contributed by atoms with Crippen LogP contribution in [0.4, 0.5) is 0 Å². The van der Waals surface area contributed by atoms with Gasteiger partial charge in [-0.1, -0.05) is 30.3 Å². The molecule has 1 heterocycles. The highest BCUT2D eigenvalue weighted by atomic mass is 16.4. The average Bonchev–Trinajstić information content (AvgIpc) is 2.96. The van der Waals surface area contributed by atoms with Crippen molar-refractivity contribution in [3.05, 3.63) is 65.4 Å². The molecule has 0 aliphatic carbocycles. The number of phenolic OH excluding ortho intramolecular Hbond substituents is 1. The number of aliphatic carboxylic acids is 1. The molecule has 0 bridgehead atoms. The topological polar surface area (TPSA) is 70.7 Å². The normalized spacial score (nSPS) is 11.0. The third-order valence-corrected chi connectivity index (χ3v) is 3.99. The van der Waals surface area contributed by atoms with Crippen LogP contribution in [0.5, 0.6) is 5.75 Å². The van der Waals surface area contributed by atoms with E-state index in [1.807, 2.05) is 30.3 Å². The minimum absolute atomic E-state index is 0.152. The van der Waals surface area contributed by atoms with E-state index in [1.165, 1.54) is 5.56 Å². The predicted molar refractivity (Wildman–Crippen MR) is 87.7 cm³/mol. The van der Waals surface area contributed by atoms with Gasteiger partial charge < -0.3 is 14.6 Å². The summed E-state index contributed by atoms with van der Waals surface area (Å²) in [5, 5.41) is 19.5. The van der Waals surface area contributed by atoms with Gasteiger partial charge >= 0.3 is 5.97 Å². The van der Waals surface area contributed by atoms with Crippen LogP contribution >= 0.6 is 0 Å². The SMILES string of the molecule is O=C(O)CCc1ccc(CCc2coc3cccc(O)c23)cc1. The molecule has 0 amide bonds. The van der Waals surface area contributed by atoms with Gasteiger partial charge in [-0.15, -0.1) is 0 Å². The number of furan rings is 1. The highest BCUT2D eigenvalue weighted by Gasteiger charge is 2.10. The lowest BCUT2D eigenvalue weighted by Gasteiger charge is -2.04. The fraction of sp³-hybridized carbons (Fsp3) is 0.211. The lowest BCUT2D eigenvalue weighted by Crippen LogP contribution is -1.97. The van der Waals surface area contributed by atoms with E-state index in [9.17, 15) is 9.90 Å². The molecule has 0 fully saturated rings. The standard InChI is InChI=1S/C19H18O4/c20-16-2-1-3-17-19(16)15(12-23-17)10-8-13-4-6-14(7-5-13)9-11-18(21)22/h1-7,12,20H,8-11H2,(H,21,22). The molecule has 0 atom stereocenters. The summed E-state index contributed by atoms with van der Waals surface area (Å²) in [5.74, 6) is -0.531. The molecule has 23 heavy (non-hydrogen) atoms. The van der Waals surface area contributed by atoms with Crippen molar-refractivity contribution in [2.24, 2.45) is 0 Å². The van der Waals surface area contributed by atoms with Crippen molar-refractivity contribution >= 4 is 16.9 Å². The van der Waals surface area contributed by atoms with Crippen LogP contribution in [0.2, 0.25) is 0 Å². The van der Waals surface area contributed by atoms with E-state index >= 15 is 0 Å². The number of aryl methyl sites for hydroxylation is 3. The van der Waals surface area contributed by atoms with E-state index in [1.54, 1.807) is 18.4 Å². The van der Waals surface area contributed by atoms with Crippen LogP contribution in [-0.2, 0) is 24.1 Å². The maximum Gasteiger partial charge on any atom is 0.303 e. The quantitative estimate of drug-likeness (QED) is 0.723. The summed E-state index contributed by atoms with van der Waals surface area (Å²) in [6.45, 7) is 0. The Hall–Kier alpha value is -2.75. The zero-order valence-electron chi connectivity index (χ0n) is 12.7. The van der Waals surface area contributed by atoms with Gasteiger partial charge in [-0.25, -0.2) is 0 Å². The maximum absolute atomic E-state index is 10.6. The molecule has 0 unspecified atom stereocenters. The molecule has 0 aliphatic heterocycles. The monoisotopic (exact) mass is 310 g/mol. The van der Waals surface area contributed by atoms with Crippen LogP contribution < -0.4 is 0 Å². The molecule has 0 spiro atoms. The number of carbonyl (C=O) groups is 1. The summed E-state index contributed by atoms with van der Waals surface area (Å²) in [7, 11) is 0. The van der Waals surface area contributed by atoms with Crippen molar-refractivity contribution in [2.75, 3.05) is 0 Å². The molecule has 2 aromatic carbocycles. The van der Waals surface area contributed by atoms with Gasteiger partial charge in [0.05, 0.1) is 11.6 Å². The van der Waals surface area contributed by atoms with Gasteiger partial charge in [0.25, 0.3) is 0 Å². The Balaban J connectivity index is 1.67. The summed E-state index contributed by atoms with van der Waals surface area (Å²) in [4.78, 5) is 10.6. The summed E-state index contributed by atoms with van der Waals surface area (Å²) >= 11 is 0. The number of phenols is 1. The number of hydrogen-bond donors (Lipinski definition) is 2. The number of aromatic hydroxyl groups is 1. The third-order valence-electron chi connectivity index (χ3n) is 3.99. The van der Waals surface area contributed by atoms with E-state index in [4.69, 9.17) is 9.52 Å². The Morgan fingerprint density at radius 2 is 1.65 bits per heavy atom. The average molecular weight is 310 g/mol. The molecular formula is C19H18O4.